The lowest BCUT2D eigenvalue weighted by atomic mass is 9.83. The molecule has 5 nitrogen and oxygen atoms in total. The van der Waals surface area contributed by atoms with Gasteiger partial charge in [-0.15, -0.1) is 0 Å². The molecular weight excluding hydrogens is 324 g/mol. The summed E-state index contributed by atoms with van der Waals surface area (Å²) in [7, 11) is 1.93. The van der Waals surface area contributed by atoms with E-state index in [0.29, 0.717) is 24.5 Å². The van der Waals surface area contributed by atoms with Crippen LogP contribution in [0.3, 0.4) is 0 Å². The van der Waals surface area contributed by atoms with Gasteiger partial charge in [-0.3, -0.25) is 9.48 Å². The lowest BCUT2D eigenvalue weighted by molar-refractivity contribution is -0.120. The quantitative estimate of drug-likeness (QED) is 0.588. The molecule has 0 bridgehead atoms. The van der Waals surface area contributed by atoms with Gasteiger partial charge in [0, 0.05) is 54.8 Å². The number of aryl methyl sites for hydroxylation is 1. The van der Waals surface area contributed by atoms with E-state index in [1.54, 1.807) is 0 Å². The van der Waals surface area contributed by atoms with Crippen LogP contribution in [-0.4, -0.2) is 25.5 Å². The zero-order chi connectivity index (χ0) is 17.7. The van der Waals surface area contributed by atoms with Crippen LogP contribution in [0.2, 0.25) is 0 Å². The van der Waals surface area contributed by atoms with Crippen molar-refractivity contribution in [1.29, 1.82) is 0 Å². The number of Topliss-reactive ketones (excluding diaryl/α,β-unsaturated/α-hetero) is 1. The van der Waals surface area contributed by atoms with Crippen LogP contribution in [0.15, 0.2) is 43.0 Å². The van der Waals surface area contributed by atoms with E-state index < -0.39 is 0 Å². The Hall–Kier alpha value is -2.95. The highest BCUT2D eigenvalue weighted by Crippen LogP contribution is 2.38. The third-order valence-corrected chi connectivity index (χ3v) is 5.57. The second-order valence-corrected chi connectivity index (χ2v) is 7.24. The Morgan fingerprint density at radius 3 is 2.77 bits per heavy atom. The smallest absolute Gasteiger partial charge is 0.138 e. The highest BCUT2D eigenvalue weighted by atomic mass is 16.1. The van der Waals surface area contributed by atoms with Gasteiger partial charge in [0.25, 0.3) is 0 Å². The minimum atomic E-state index is 0.392. The Bertz CT molecular complexity index is 1130. The molecule has 5 heteroatoms. The van der Waals surface area contributed by atoms with Crippen molar-refractivity contribution in [3.63, 3.8) is 0 Å². The molecule has 5 rings (SSSR count). The molecule has 1 aliphatic rings. The standard InChI is InChI=1S/C21H20N4O/c1-25-12-16(10-24-25)14-2-3-15-9-22-21-20(18(15)8-14)19(11-23-21)13-4-6-17(26)7-5-13/h2-3,8-13H,4-7H2,1H3,(H,22,23). The molecule has 0 amide bonds. The van der Waals surface area contributed by atoms with Crippen molar-refractivity contribution in [1.82, 2.24) is 19.7 Å². The predicted octanol–water partition coefficient (Wildman–Crippen LogP) is 4.34. The SMILES string of the molecule is Cn1cc(-c2ccc3cnc4[nH]cc(C5CCC(=O)CC5)c4c3c2)cn1. The van der Waals surface area contributed by atoms with E-state index in [4.69, 9.17) is 0 Å². The number of ketones is 1. The second-order valence-electron chi connectivity index (χ2n) is 7.24. The van der Waals surface area contributed by atoms with Gasteiger partial charge in [-0.2, -0.15) is 5.10 Å². The maximum Gasteiger partial charge on any atom is 0.138 e. The maximum atomic E-state index is 11.6. The summed E-state index contributed by atoms with van der Waals surface area (Å²) in [5, 5.41) is 7.84. The molecule has 26 heavy (non-hydrogen) atoms. The molecule has 1 fully saturated rings. The van der Waals surface area contributed by atoms with Gasteiger partial charge in [-0.05, 0) is 41.3 Å². The van der Waals surface area contributed by atoms with Crippen molar-refractivity contribution in [2.45, 2.75) is 31.6 Å². The Balaban J connectivity index is 1.70. The average Bonchev–Trinajstić information content (AvgIpc) is 3.28. The van der Waals surface area contributed by atoms with E-state index in [2.05, 4.69) is 39.5 Å². The Morgan fingerprint density at radius 2 is 2.00 bits per heavy atom. The second kappa shape index (κ2) is 5.80. The van der Waals surface area contributed by atoms with Gasteiger partial charge in [0.05, 0.1) is 6.20 Å². The van der Waals surface area contributed by atoms with Gasteiger partial charge in [-0.25, -0.2) is 4.98 Å². The summed E-state index contributed by atoms with van der Waals surface area (Å²) in [5.41, 5.74) is 4.49. The normalized spacial score (nSPS) is 16.0. The fraction of sp³-hybridized carbons (Fsp3) is 0.286. The number of pyridine rings is 1. The number of aromatic amines is 1. The van der Waals surface area contributed by atoms with Crippen LogP contribution < -0.4 is 0 Å². The number of hydrogen-bond donors (Lipinski definition) is 1. The number of H-pyrrole nitrogens is 1. The molecule has 0 radical (unpaired) electrons. The monoisotopic (exact) mass is 344 g/mol. The van der Waals surface area contributed by atoms with E-state index in [1.165, 1.54) is 16.3 Å². The number of benzene rings is 1. The number of nitrogens with zero attached hydrogens (tertiary/aromatic N) is 3. The van der Waals surface area contributed by atoms with Crippen LogP contribution >= 0.6 is 0 Å². The van der Waals surface area contributed by atoms with Gasteiger partial charge in [0.2, 0.25) is 0 Å². The van der Waals surface area contributed by atoms with E-state index in [1.807, 2.05) is 30.3 Å². The Morgan fingerprint density at radius 1 is 1.15 bits per heavy atom. The molecule has 4 aromatic rings. The van der Waals surface area contributed by atoms with Crippen LogP contribution in [-0.2, 0) is 11.8 Å². The summed E-state index contributed by atoms with van der Waals surface area (Å²) in [5.74, 6) is 0.818. The highest BCUT2D eigenvalue weighted by Gasteiger charge is 2.23. The van der Waals surface area contributed by atoms with Crippen molar-refractivity contribution in [3.8, 4) is 11.1 Å². The van der Waals surface area contributed by atoms with Crippen molar-refractivity contribution >= 4 is 27.6 Å². The summed E-state index contributed by atoms with van der Waals surface area (Å²) < 4.78 is 1.82. The number of aromatic nitrogens is 4. The highest BCUT2D eigenvalue weighted by molar-refractivity contribution is 6.08. The van der Waals surface area contributed by atoms with Gasteiger partial charge < -0.3 is 4.98 Å². The Kier molecular flexibility index (Phi) is 3.42. The lowest BCUT2D eigenvalue weighted by Gasteiger charge is -2.20. The molecule has 130 valence electrons. The predicted molar refractivity (Wildman–Crippen MR) is 102 cm³/mol. The van der Waals surface area contributed by atoms with Crippen LogP contribution in [0.1, 0.15) is 37.2 Å². The van der Waals surface area contributed by atoms with Gasteiger partial charge in [0.1, 0.15) is 11.4 Å². The molecule has 1 aliphatic carbocycles. The first kappa shape index (κ1) is 15.3. The van der Waals surface area contributed by atoms with Crippen molar-refractivity contribution in [3.05, 3.63) is 48.5 Å². The van der Waals surface area contributed by atoms with Gasteiger partial charge >= 0.3 is 0 Å². The fourth-order valence-electron chi connectivity index (χ4n) is 4.15. The largest absolute Gasteiger partial charge is 0.346 e. The number of carbonyl (C=O) groups excluding carboxylic acids is 1. The molecular formula is C21H20N4O. The van der Waals surface area contributed by atoms with Crippen molar-refractivity contribution in [2.24, 2.45) is 7.05 Å². The summed E-state index contributed by atoms with van der Waals surface area (Å²) >= 11 is 0. The number of carbonyl (C=O) groups is 1. The first-order valence-corrected chi connectivity index (χ1v) is 9.09. The number of fused-ring (bicyclic) bond motifs is 3. The number of hydrogen-bond acceptors (Lipinski definition) is 3. The van der Waals surface area contributed by atoms with E-state index in [-0.39, 0.29) is 0 Å². The van der Waals surface area contributed by atoms with E-state index in [0.717, 1.165) is 35.0 Å². The molecule has 0 spiro atoms. The average molecular weight is 344 g/mol. The summed E-state index contributed by atoms with van der Waals surface area (Å²) in [6.07, 6.45) is 11.2. The third kappa shape index (κ3) is 2.43. The van der Waals surface area contributed by atoms with Crippen LogP contribution in [0, 0.1) is 0 Å². The van der Waals surface area contributed by atoms with Crippen molar-refractivity contribution < 1.29 is 4.79 Å². The topological polar surface area (TPSA) is 63.6 Å². The fourth-order valence-corrected chi connectivity index (χ4v) is 4.15. The summed E-state index contributed by atoms with van der Waals surface area (Å²) in [6, 6.07) is 6.49. The number of nitrogens with one attached hydrogen (secondary N) is 1. The molecule has 0 saturated heterocycles. The van der Waals surface area contributed by atoms with Crippen LogP contribution in [0.25, 0.3) is 32.9 Å². The van der Waals surface area contributed by atoms with Crippen LogP contribution in [0.4, 0.5) is 0 Å². The van der Waals surface area contributed by atoms with E-state index >= 15 is 0 Å². The van der Waals surface area contributed by atoms with Gasteiger partial charge in [-0.1, -0.05) is 12.1 Å². The first-order valence-electron chi connectivity index (χ1n) is 9.09. The van der Waals surface area contributed by atoms with Crippen LogP contribution in [0.5, 0.6) is 0 Å². The third-order valence-electron chi connectivity index (χ3n) is 5.57. The molecule has 1 aromatic carbocycles. The molecule has 1 N–H and O–H groups in total. The number of rotatable bonds is 2. The summed E-state index contributed by atoms with van der Waals surface area (Å²) in [4.78, 5) is 19.6. The van der Waals surface area contributed by atoms with Crippen molar-refractivity contribution in [2.75, 3.05) is 0 Å². The molecule has 1 saturated carbocycles. The molecule has 0 atom stereocenters. The minimum absolute atomic E-state index is 0.392. The van der Waals surface area contributed by atoms with Gasteiger partial charge in [0.15, 0.2) is 0 Å². The first-order chi connectivity index (χ1) is 12.7. The maximum absolute atomic E-state index is 11.6. The molecule has 3 aromatic heterocycles. The molecule has 0 aliphatic heterocycles. The molecule has 0 unspecified atom stereocenters. The molecule has 3 heterocycles. The zero-order valence-electron chi connectivity index (χ0n) is 14.7. The zero-order valence-corrected chi connectivity index (χ0v) is 14.7. The Labute approximate surface area is 151 Å². The summed E-state index contributed by atoms with van der Waals surface area (Å²) in [6.45, 7) is 0. The minimum Gasteiger partial charge on any atom is -0.346 e. The lowest BCUT2D eigenvalue weighted by Crippen LogP contribution is -2.12. The van der Waals surface area contributed by atoms with E-state index in [9.17, 15) is 4.79 Å².